The SMILES string of the molecule is CN(Cc1ccoc1)C(CN)c1c(F)cccc1Cl. The monoisotopic (exact) mass is 282 g/mol. The van der Waals surface area contributed by atoms with Gasteiger partial charge < -0.3 is 10.2 Å². The molecule has 1 atom stereocenters. The molecule has 0 aliphatic carbocycles. The second kappa shape index (κ2) is 6.19. The lowest BCUT2D eigenvalue weighted by molar-refractivity contribution is 0.236. The van der Waals surface area contributed by atoms with Gasteiger partial charge in [0, 0.05) is 29.2 Å². The minimum absolute atomic E-state index is 0.274. The van der Waals surface area contributed by atoms with Crippen molar-refractivity contribution >= 4 is 11.6 Å². The molecule has 2 N–H and O–H groups in total. The Kier molecular flexibility index (Phi) is 4.58. The maximum atomic E-state index is 13.9. The summed E-state index contributed by atoms with van der Waals surface area (Å²) in [6.45, 7) is 0.901. The largest absolute Gasteiger partial charge is 0.472 e. The first-order chi connectivity index (χ1) is 9.13. The first-order valence-corrected chi connectivity index (χ1v) is 6.36. The van der Waals surface area contributed by atoms with Crippen LogP contribution in [0.15, 0.2) is 41.2 Å². The lowest BCUT2D eigenvalue weighted by Gasteiger charge is -2.27. The van der Waals surface area contributed by atoms with E-state index in [4.69, 9.17) is 21.8 Å². The molecule has 2 rings (SSSR count). The summed E-state index contributed by atoms with van der Waals surface area (Å²) in [5, 5.41) is 0.398. The molecule has 0 saturated heterocycles. The quantitative estimate of drug-likeness (QED) is 0.916. The molecule has 102 valence electrons. The summed E-state index contributed by atoms with van der Waals surface area (Å²) in [7, 11) is 1.88. The van der Waals surface area contributed by atoms with Gasteiger partial charge in [-0.15, -0.1) is 0 Å². The van der Waals surface area contributed by atoms with Gasteiger partial charge in [0.05, 0.1) is 18.6 Å². The lowest BCUT2D eigenvalue weighted by atomic mass is 10.0. The Labute approximate surface area is 116 Å². The highest BCUT2D eigenvalue weighted by atomic mass is 35.5. The van der Waals surface area contributed by atoms with Crippen molar-refractivity contribution in [3.05, 3.63) is 58.8 Å². The van der Waals surface area contributed by atoms with Gasteiger partial charge in [0.15, 0.2) is 0 Å². The summed E-state index contributed by atoms with van der Waals surface area (Å²) in [5.41, 5.74) is 7.23. The van der Waals surface area contributed by atoms with Gasteiger partial charge in [0.25, 0.3) is 0 Å². The zero-order valence-corrected chi connectivity index (χ0v) is 11.4. The average molecular weight is 283 g/mol. The van der Waals surface area contributed by atoms with Crippen molar-refractivity contribution in [3.63, 3.8) is 0 Å². The highest BCUT2D eigenvalue weighted by Gasteiger charge is 2.22. The van der Waals surface area contributed by atoms with E-state index in [2.05, 4.69) is 0 Å². The summed E-state index contributed by atoms with van der Waals surface area (Å²) in [4.78, 5) is 1.95. The molecule has 0 spiro atoms. The van der Waals surface area contributed by atoms with Gasteiger partial charge in [-0.3, -0.25) is 4.90 Å². The summed E-state index contributed by atoms with van der Waals surface area (Å²) < 4.78 is 19.0. The molecule has 0 aliphatic rings. The number of nitrogens with two attached hydrogens (primary N) is 1. The van der Waals surface area contributed by atoms with Gasteiger partial charge in [-0.25, -0.2) is 4.39 Å². The second-order valence-electron chi connectivity index (χ2n) is 4.43. The summed E-state index contributed by atoms with van der Waals surface area (Å²) >= 11 is 6.09. The second-order valence-corrected chi connectivity index (χ2v) is 4.84. The van der Waals surface area contributed by atoms with Gasteiger partial charge in [-0.2, -0.15) is 0 Å². The van der Waals surface area contributed by atoms with E-state index in [0.29, 0.717) is 17.1 Å². The first kappa shape index (κ1) is 14.1. The molecule has 5 heteroatoms. The van der Waals surface area contributed by atoms with Gasteiger partial charge in [0.1, 0.15) is 5.82 Å². The van der Waals surface area contributed by atoms with Crippen LogP contribution in [0.1, 0.15) is 17.2 Å². The maximum Gasteiger partial charge on any atom is 0.129 e. The van der Waals surface area contributed by atoms with Crippen LogP contribution in [0.2, 0.25) is 5.02 Å². The molecule has 0 bridgehead atoms. The highest BCUT2D eigenvalue weighted by molar-refractivity contribution is 6.31. The Balaban J connectivity index is 2.24. The molecule has 1 aromatic heterocycles. The third-order valence-corrected chi connectivity index (χ3v) is 3.43. The predicted octanol–water partition coefficient (Wildman–Crippen LogP) is 3.20. The Morgan fingerprint density at radius 1 is 1.42 bits per heavy atom. The number of furan rings is 1. The Morgan fingerprint density at radius 2 is 2.21 bits per heavy atom. The van der Waals surface area contributed by atoms with Gasteiger partial charge in [-0.1, -0.05) is 17.7 Å². The molecule has 2 aromatic rings. The van der Waals surface area contributed by atoms with Crippen LogP contribution in [0.25, 0.3) is 0 Å². The third kappa shape index (κ3) is 3.15. The fourth-order valence-corrected chi connectivity index (χ4v) is 2.42. The summed E-state index contributed by atoms with van der Waals surface area (Å²) in [6, 6.07) is 6.26. The minimum atomic E-state index is -0.331. The molecule has 0 radical (unpaired) electrons. The van der Waals surface area contributed by atoms with Crippen molar-refractivity contribution in [2.45, 2.75) is 12.6 Å². The number of nitrogens with zero attached hydrogens (tertiary/aromatic N) is 1. The zero-order valence-electron chi connectivity index (χ0n) is 10.6. The van der Waals surface area contributed by atoms with Crippen LogP contribution in [-0.2, 0) is 6.54 Å². The molecule has 3 nitrogen and oxygen atoms in total. The van der Waals surface area contributed by atoms with E-state index < -0.39 is 0 Å². The van der Waals surface area contributed by atoms with E-state index in [1.165, 1.54) is 6.07 Å². The Morgan fingerprint density at radius 3 is 2.79 bits per heavy atom. The molecule has 0 saturated carbocycles. The van der Waals surface area contributed by atoms with E-state index in [1.807, 2.05) is 18.0 Å². The van der Waals surface area contributed by atoms with Crippen LogP contribution < -0.4 is 5.73 Å². The molecule has 0 amide bonds. The van der Waals surface area contributed by atoms with E-state index in [-0.39, 0.29) is 18.4 Å². The molecule has 0 fully saturated rings. The Hall–Kier alpha value is -1.36. The fraction of sp³-hybridized carbons (Fsp3) is 0.286. The number of hydrogen-bond donors (Lipinski definition) is 1. The normalized spacial score (nSPS) is 12.9. The van der Waals surface area contributed by atoms with Crippen molar-refractivity contribution in [3.8, 4) is 0 Å². The lowest BCUT2D eigenvalue weighted by Crippen LogP contribution is -2.31. The fourth-order valence-electron chi connectivity index (χ4n) is 2.13. The smallest absolute Gasteiger partial charge is 0.129 e. The van der Waals surface area contributed by atoms with Crippen molar-refractivity contribution in [2.75, 3.05) is 13.6 Å². The van der Waals surface area contributed by atoms with Crippen molar-refractivity contribution in [2.24, 2.45) is 5.73 Å². The number of hydrogen-bond acceptors (Lipinski definition) is 3. The summed E-state index contributed by atoms with van der Waals surface area (Å²) in [5.74, 6) is -0.331. The number of benzene rings is 1. The number of halogens is 2. The van der Waals surface area contributed by atoms with E-state index >= 15 is 0 Å². The van der Waals surface area contributed by atoms with Crippen molar-refractivity contribution < 1.29 is 8.81 Å². The predicted molar refractivity (Wildman–Crippen MR) is 73.4 cm³/mol. The first-order valence-electron chi connectivity index (χ1n) is 5.98. The molecule has 19 heavy (non-hydrogen) atoms. The van der Waals surface area contributed by atoms with Crippen LogP contribution in [0.3, 0.4) is 0 Å². The Bertz CT molecular complexity index is 510. The number of rotatable bonds is 5. The van der Waals surface area contributed by atoms with Crippen LogP contribution in [0, 0.1) is 5.82 Å². The van der Waals surface area contributed by atoms with Gasteiger partial charge in [-0.05, 0) is 25.2 Å². The van der Waals surface area contributed by atoms with Crippen LogP contribution in [0.5, 0.6) is 0 Å². The maximum absolute atomic E-state index is 13.9. The molecular weight excluding hydrogens is 267 g/mol. The topological polar surface area (TPSA) is 42.4 Å². The van der Waals surface area contributed by atoms with E-state index in [1.54, 1.807) is 24.7 Å². The van der Waals surface area contributed by atoms with Gasteiger partial charge in [0.2, 0.25) is 0 Å². The highest BCUT2D eigenvalue weighted by Crippen LogP contribution is 2.29. The van der Waals surface area contributed by atoms with Crippen molar-refractivity contribution in [1.82, 2.24) is 4.90 Å². The van der Waals surface area contributed by atoms with Gasteiger partial charge >= 0.3 is 0 Å². The minimum Gasteiger partial charge on any atom is -0.472 e. The van der Waals surface area contributed by atoms with E-state index in [0.717, 1.165) is 5.56 Å². The molecule has 1 unspecified atom stereocenters. The number of likely N-dealkylation sites (N-methyl/N-ethyl adjacent to an activating group) is 1. The van der Waals surface area contributed by atoms with E-state index in [9.17, 15) is 4.39 Å². The van der Waals surface area contributed by atoms with Crippen molar-refractivity contribution in [1.29, 1.82) is 0 Å². The molecular formula is C14H16ClFN2O. The average Bonchev–Trinajstić information content (AvgIpc) is 2.86. The standard InChI is InChI=1S/C14H16ClFN2O/c1-18(8-10-5-6-19-9-10)13(7-17)14-11(15)3-2-4-12(14)16/h2-6,9,13H,7-8,17H2,1H3. The molecule has 1 aromatic carbocycles. The van der Waals surface area contributed by atoms with Crippen LogP contribution in [0.4, 0.5) is 4.39 Å². The third-order valence-electron chi connectivity index (χ3n) is 3.10. The molecule has 1 heterocycles. The van der Waals surface area contributed by atoms with Crippen LogP contribution >= 0.6 is 11.6 Å². The van der Waals surface area contributed by atoms with Crippen LogP contribution in [-0.4, -0.2) is 18.5 Å². The zero-order chi connectivity index (χ0) is 13.8. The summed E-state index contributed by atoms with van der Waals surface area (Å²) in [6.07, 6.45) is 3.27. The molecule has 0 aliphatic heterocycles.